The van der Waals surface area contributed by atoms with Gasteiger partial charge in [-0.15, -0.1) is 0 Å². The van der Waals surface area contributed by atoms with E-state index in [-0.39, 0.29) is 29.8 Å². The first-order chi connectivity index (χ1) is 14.0. The van der Waals surface area contributed by atoms with Crippen molar-refractivity contribution in [2.75, 3.05) is 23.8 Å². The number of hydrogen-bond acceptors (Lipinski definition) is 5. The fourth-order valence-electron chi connectivity index (χ4n) is 3.25. The Labute approximate surface area is 169 Å². The third-order valence-corrected chi connectivity index (χ3v) is 4.77. The summed E-state index contributed by atoms with van der Waals surface area (Å²) in [6.45, 7) is 4.92. The Kier molecular flexibility index (Phi) is 5.29. The van der Waals surface area contributed by atoms with Crippen molar-refractivity contribution in [1.82, 2.24) is 0 Å². The second-order valence-electron chi connectivity index (χ2n) is 7.48. The number of nitrogens with one attached hydrogen (secondary N) is 2. The Morgan fingerprint density at radius 1 is 0.897 bits per heavy atom. The van der Waals surface area contributed by atoms with E-state index in [2.05, 4.69) is 10.6 Å². The van der Waals surface area contributed by atoms with Crippen LogP contribution in [-0.4, -0.2) is 31.1 Å². The fraction of sp³-hybridized carbons (Fsp3) is 0.364. The summed E-state index contributed by atoms with van der Waals surface area (Å²) >= 11 is 0. The van der Waals surface area contributed by atoms with Crippen LogP contribution in [0.25, 0.3) is 0 Å². The molecular formula is C22H24N2O5. The molecule has 0 spiro atoms. The predicted octanol–water partition coefficient (Wildman–Crippen LogP) is 3.46. The molecule has 0 aromatic heterocycles. The van der Waals surface area contributed by atoms with Crippen LogP contribution in [0.3, 0.4) is 0 Å². The molecule has 2 aliphatic rings. The van der Waals surface area contributed by atoms with Gasteiger partial charge in [0.1, 0.15) is 19.0 Å². The molecule has 0 radical (unpaired) electrons. The number of amides is 2. The van der Waals surface area contributed by atoms with Gasteiger partial charge in [-0.05, 0) is 56.7 Å². The van der Waals surface area contributed by atoms with Crippen LogP contribution in [0.15, 0.2) is 42.5 Å². The van der Waals surface area contributed by atoms with Crippen LogP contribution in [0.1, 0.15) is 20.3 Å². The van der Waals surface area contributed by atoms with Crippen molar-refractivity contribution in [2.45, 2.75) is 26.4 Å². The van der Waals surface area contributed by atoms with E-state index in [0.29, 0.717) is 42.5 Å². The van der Waals surface area contributed by atoms with Crippen molar-refractivity contribution in [2.24, 2.45) is 11.8 Å². The molecule has 152 valence electrons. The SMILES string of the molecule is CC(C)Oc1ccc(NC(=O)C2CC2C(=O)Nc2ccc3c(c2)OCCO3)cc1. The Balaban J connectivity index is 1.29. The van der Waals surface area contributed by atoms with Crippen molar-refractivity contribution < 1.29 is 23.8 Å². The van der Waals surface area contributed by atoms with Crippen LogP contribution in [0, 0.1) is 11.8 Å². The first-order valence-electron chi connectivity index (χ1n) is 9.77. The van der Waals surface area contributed by atoms with E-state index >= 15 is 0 Å². The number of anilines is 2. The van der Waals surface area contributed by atoms with E-state index in [0.717, 1.165) is 5.75 Å². The minimum atomic E-state index is -0.327. The maximum absolute atomic E-state index is 12.5. The van der Waals surface area contributed by atoms with Gasteiger partial charge >= 0.3 is 0 Å². The highest BCUT2D eigenvalue weighted by molar-refractivity contribution is 6.03. The molecule has 2 aromatic carbocycles. The van der Waals surface area contributed by atoms with E-state index in [1.54, 1.807) is 30.3 Å². The highest BCUT2D eigenvalue weighted by Gasteiger charge is 2.48. The zero-order valence-corrected chi connectivity index (χ0v) is 16.4. The molecule has 2 atom stereocenters. The summed E-state index contributed by atoms with van der Waals surface area (Å²) in [6.07, 6.45) is 0.631. The Morgan fingerprint density at radius 3 is 2.14 bits per heavy atom. The molecule has 1 aliphatic carbocycles. The van der Waals surface area contributed by atoms with Crippen LogP contribution >= 0.6 is 0 Å². The summed E-state index contributed by atoms with van der Waals surface area (Å²) in [5, 5.41) is 5.72. The number of fused-ring (bicyclic) bond motifs is 1. The fourth-order valence-corrected chi connectivity index (χ4v) is 3.25. The summed E-state index contributed by atoms with van der Waals surface area (Å²) in [7, 11) is 0. The molecule has 2 amide bonds. The lowest BCUT2D eigenvalue weighted by molar-refractivity contribution is -0.122. The van der Waals surface area contributed by atoms with Gasteiger partial charge in [0.05, 0.1) is 17.9 Å². The maximum Gasteiger partial charge on any atom is 0.228 e. The average Bonchev–Trinajstić information content (AvgIpc) is 3.50. The first kappa shape index (κ1) is 19.1. The number of carbonyl (C=O) groups excluding carboxylic acids is 2. The molecule has 1 aliphatic heterocycles. The van der Waals surface area contributed by atoms with E-state index in [4.69, 9.17) is 14.2 Å². The molecule has 2 aromatic rings. The minimum Gasteiger partial charge on any atom is -0.491 e. The van der Waals surface area contributed by atoms with Gasteiger partial charge in [-0.25, -0.2) is 0 Å². The largest absolute Gasteiger partial charge is 0.491 e. The monoisotopic (exact) mass is 396 g/mol. The molecule has 4 rings (SSSR count). The molecule has 1 fully saturated rings. The van der Waals surface area contributed by atoms with Gasteiger partial charge in [-0.2, -0.15) is 0 Å². The van der Waals surface area contributed by atoms with Gasteiger partial charge in [0.2, 0.25) is 11.8 Å². The van der Waals surface area contributed by atoms with Crippen LogP contribution in [0.4, 0.5) is 11.4 Å². The van der Waals surface area contributed by atoms with Crippen molar-refractivity contribution in [1.29, 1.82) is 0 Å². The van der Waals surface area contributed by atoms with Crippen LogP contribution in [0.2, 0.25) is 0 Å². The Bertz CT molecular complexity index is 910. The Hall–Kier alpha value is -3.22. The molecule has 7 heteroatoms. The highest BCUT2D eigenvalue weighted by atomic mass is 16.6. The summed E-state index contributed by atoms with van der Waals surface area (Å²) in [4.78, 5) is 24.9. The molecule has 29 heavy (non-hydrogen) atoms. The second-order valence-corrected chi connectivity index (χ2v) is 7.48. The van der Waals surface area contributed by atoms with Gasteiger partial charge in [0.25, 0.3) is 0 Å². The zero-order chi connectivity index (χ0) is 20.4. The number of hydrogen-bond donors (Lipinski definition) is 2. The lowest BCUT2D eigenvalue weighted by Crippen LogP contribution is -2.21. The van der Waals surface area contributed by atoms with E-state index in [9.17, 15) is 9.59 Å². The molecule has 2 unspecified atom stereocenters. The molecule has 1 heterocycles. The summed E-state index contributed by atoms with van der Waals surface area (Å²) in [5.74, 6) is 1.07. The van der Waals surface area contributed by atoms with Crippen LogP contribution < -0.4 is 24.8 Å². The van der Waals surface area contributed by atoms with Crippen molar-refractivity contribution in [3.05, 3.63) is 42.5 Å². The average molecular weight is 396 g/mol. The van der Waals surface area contributed by atoms with Gasteiger partial charge in [-0.3, -0.25) is 9.59 Å². The third kappa shape index (κ3) is 4.62. The lowest BCUT2D eigenvalue weighted by Gasteiger charge is -2.19. The smallest absolute Gasteiger partial charge is 0.228 e. The van der Waals surface area contributed by atoms with Crippen LogP contribution in [0.5, 0.6) is 17.2 Å². The molecule has 0 saturated heterocycles. The molecule has 0 bridgehead atoms. The first-order valence-corrected chi connectivity index (χ1v) is 9.77. The van der Waals surface area contributed by atoms with E-state index < -0.39 is 0 Å². The Morgan fingerprint density at radius 2 is 1.48 bits per heavy atom. The number of benzene rings is 2. The van der Waals surface area contributed by atoms with E-state index in [1.165, 1.54) is 0 Å². The highest BCUT2D eigenvalue weighted by Crippen LogP contribution is 2.41. The third-order valence-electron chi connectivity index (χ3n) is 4.77. The number of rotatable bonds is 6. The van der Waals surface area contributed by atoms with Gasteiger partial charge in [0.15, 0.2) is 11.5 Å². The van der Waals surface area contributed by atoms with Gasteiger partial charge in [-0.1, -0.05) is 0 Å². The van der Waals surface area contributed by atoms with Crippen LogP contribution in [-0.2, 0) is 9.59 Å². The standard InChI is InChI=1S/C22H24N2O5/c1-13(2)29-16-6-3-14(4-7-16)23-21(25)17-12-18(17)22(26)24-15-5-8-19-20(11-15)28-10-9-27-19/h3-8,11,13,17-18H,9-10,12H2,1-2H3,(H,23,25)(H,24,26). The summed E-state index contributed by atoms with van der Waals surface area (Å²) in [5.41, 5.74) is 1.31. The summed E-state index contributed by atoms with van der Waals surface area (Å²) < 4.78 is 16.6. The topological polar surface area (TPSA) is 85.9 Å². The van der Waals surface area contributed by atoms with Crippen molar-refractivity contribution in [3.63, 3.8) is 0 Å². The van der Waals surface area contributed by atoms with Crippen molar-refractivity contribution in [3.8, 4) is 17.2 Å². The normalized spacial score (nSPS) is 19.4. The van der Waals surface area contributed by atoms with Gasteiger partial charge < -0.3 is 24.8 Å². The summed E-state index contributed by atoms with van der Waals surface area (Å²) in [6, 6.07) is 12.5. The lowest BCUT2D eigenvalue weighted by atomic mass is 10.2. The molecule has 1 saturated carbocycles. The quantitative estimate of drug-likeness (QED) is 0.781. The minimum absolute atomic E-state index is 0.0929. The second kappa shape index (κ2) is 8.03. The number of carbonyl (C=O) groups is 2. The maximum atomic E-state index is 12.5. The molecule has 2 N–H and O–H groups in total. The molecular weight excluding hydrogens is 372 g/mol. The van der Waals surface area contributed by atoms with Crippen molar-refractivity contribution >= 4 is 23.2 Å². The zero-order valence-electron chi connectivity index (χ0n) is 16.4. The predicted molar refractivity (Wildman–Crippen MR) is 108 cm³/mol. The number of ether oxygens (including phenoxy) is 3. The van der Waals surface area contributed by atoms with Gasteiger partial charge in [0, 0.05) is 17.4 Å². The van der Waals surface area contributed by atoms with E-state index in [1.807, 2.05) is 26.0 Å². The molecule has 7 nitrogen and oxygen atoms in total.